The van der Waals surface area contributed by atoms with Gasteiger partial charge < -0.3 is 9.73 Å². The molecule has 0 aliphatic heterocycles. The second-order valence-corrected chi connectivity index (χ2v) is 6.90. The molecule has 8 heteroatoms. The lowest BCUT2D eigenvalue weighted by Gasteiger charge is -2.07. The summed E-state index contributed by atoms with van der Waals surface area (Å²) < 4.78 is 6.93. The highest BCUT2D eigenvalue weighted by Crippen LogP contribution is 2.22. The van der Waals surface area contributed by atoms with Crippen LogP contribution in [0.2, 0.25) is 0 Å². The Hall–Kier alpha value is -3.39. The first-order chi connectivity index (χ1) is 13.8. The van der Waals surface area contributed by atoms with E-state index in [0.29, 0.717) is 28.8 Å². The Morgan fingerprint density at radius 3 is 2.79 bits per heavy atom. The first-order valence-electron chi connectivity index (χ1n) is 8.66. The maximum Gasteiger partial charge on any atom is 0.251 e. The van der Waals surface area contributed by atoms with E-state index < -0.39 is 0 Å². The summed E-state index contributed by atoms with van der Waals surface area (Å²) in [6.07, 6.45) is 1.59. The zero-order valence-electron chi connectivity index (χ0n) is 14.9. The molecular formula is C20H17N5O2S. The number of tetrazole rings is 1. The zero-order valence-corrected chi connectivity index (χ0v) is 15.7. The minimum atomic E-state index is -0.141. The zero-order chi connectivity index (χ0) is 19.2. The van der Waals surface area contributed by atoms with Crippen molar-refractivity contribution in [3.63, 3.8) is 0 Å². The molecule has 2 aromatic heterocycles. The molecule has 2 aromatic carbocycles. The smallest absolute Gasteiger partial charge is 0.251 e. The molecule has 28 heavy (non-hydrogen) atoms. The van der Waals surface area contributed by atoms with Gasteiger partial charge in [0.25, 0.3) is 5.91 Å². The predicted octanol–water partition coefficient (Wildman–Crippen LogP) is 3.48. The van der Waals surface area contributed by atoms with Crippen molar-refractivity contribution >= 4 is 17.7 Å². The van der Waals surface area contributed by atoms with E-state index >= 15 is 0 Å². The van der Waals surface area contributed by atoms with Gasteiger partial charge in [0.1, 0.15) is 5.76 Å². The number of carbonyl (C=O) groups excluding carboxylic acids is 1. The number of rotatable bonds is 7. The van der Waals surface area contributed by atoms with E-state index in [1.54, 1.807) is 23.1 Å². The average molecular weight is 391 g/mol. The number of amides is 1. The van der Waals surface area contributed by atoms with E-state index in [4.69, 9.17) is 4.42 Å². The molecule has 0 unspecified atom stereocenters. The van der Waals surface area contributed by atoms with Crippen LogP contribution >= 0.6 is 11.8 Å². The van der Waals surface area contributed by atoms with Gasteiger partial charge >= 0.3 is 0 Å². The van der Waals surface area contributed by atoms with Gasteiger partial charge in [-0.3, -0.25) is 4.79 Å². The van der Waals surface area contributed by atoms with Crippen molar-refractivity contribution in [3.05, 3.63) is 89.9 Å². The average Bonchev–Trinajstić information content (AvgIpc) is 3.43. The number of thioether (sulfide) groups is 1. The van der Waals surface area contributed by atoms with Gasteiger partial charge in [-0.25, -0.2) is 0 Å². The van der Waals surface area contributed by atoms with Crippen LogP contribution < -0.4 is 5.32 Å². The van der Waals surface area contributed by atoms with Crippen LogP contribution in [0.25, 0.3) is 5.69 Å². The van der Waals surface area contributed by atoms with Gasteiger partial charge in [0.2, 0.25) is 5.16 Å². The summed E-state index contributed by atoms with van der Waals surface area (Å²) in [5.41, 5.74) is 2.52. The van der Waals surface area contributed by atoms with Gasteiger partial charge in [-0.2, -0.15) is 4.68 Å². The lowest BCUT2D eigenvalue weighted by atomic mass is 10.1. The second kappa shape index (κ2) is 8.53. The van der Waals surface area contributed by atoms with Crippen molar-refractivity contribution in [2.24, 2.45) is 0 Å². The molecule has 0 fully saturated rings. The molecule has 0 aliphatic carbocycles. The van der Waals surface area contributed by atoms with Crippen LogP contribution in [0.4, 0.5) is 0 Å². The predicted molar refractivity (Wildman–Crippen MR) is 105 cm³/mol. The minimum Gasteiger partial charge on any atom is -0.467 e. The number of hydrogen-bond donors (Lipinski definition) is 1. The van der Waals surface area contributed by atoms with Crippen LogP contribution in [-0.2, 0) is 12.3 Å². The van der Waals surface area contributed by atoms with Crippen molar-refractivity contribution in [2.45, 2.75) is 17.5 Å². The first kappa shape index (κ1) is 18.0. The fourth-order valence-corrected chi connectivity index (χ4v) is 3.47. The Bertz CT molecular complexity index is 1050. The molecule has 1 amide bonds. The number of furan rings is 1. The quantitative estimate of drug-likeness (QED) is 0.486. The fraction of sp³-hybridized carbons (Fsp3) is 0.100. The number of para-hydroxylation sites is 1. The van der Waals surface area contributed by atoms with Crippen molar-refractivity contribution in [3.8, 4) is 5.69 Å². The lowest BCUT2D eigenvalue weighted by Crippen LogP contribution is -2.22. The van der Waals surface area contributed by atoms with E-state index in [1.807, 2.05) is 54.6 Å². The largest absolute Gasteiger partial charge is 0.467 e. The number of benzene rings is 2. The third kappa shape index (κ3) is 4.29. The molecule has 0 saturated carbocycles. The van der Waals surface area contributed by atoms with E-state index in [2.05, 4.69) is 20.8 Å². The maximum absolute atomic E-state index is 12.4. The minimum absolute atomic E-state index is 0.141. The molecule has 0 radical (unpaired) electrons. The number of aromatic nitrogens is 4. The van der Waals surface area contributed by atoms with Crippen LogP contribution in [0, 0.1) is 0 Å². The third-order valence-electron chi connectivity index (χ3n) is 4.00. The Labute approximate surface area is 165 Å². The van der Waals surface area contributed by atoms with Gasteiger partial charge in [-0.15, -0.1) is 5.10 Å². The maximum atomic E-state index is 12.4. The first-order valence-corrected chi connectivity index (χ1v) is 9.64. The number of hydrogen-bond acceptors (Lipinski definition) is 6. The molecule has 0 bridgehead atoms. The Balaban J connectivity index is 1.40. The third-order valence-corrected chi connectivity index (χ3v) is 4.99. The summed E-state index contributed by atoms with van der Waals surface area (Å²) in [4.78, 5) is 12.4. The monoisotopic (exact) mass is 391 g/mol. The van der Waals surface area contributed by atoms with E-state index in [9.17, 15) is 4.79 Å². The summed E-state index contributed by atoms with van der Waals surface area (Å²) in [6.45, 7) is 0.358. The van der Waals surface area contributed by atoms with Gasteiger partial charge in [-0.05, 0) is 52.4 Å². The molecule has 7 nitrogen and oxygen atoms in total. The standard InChI is InChI=1S/C20H17N5O2S/c26-19(21-13-18-10-5-11-27-18)16-7-4-6-15(12-16)14-28-20-22-23-24-25(20)17-8-2-1-3-9-17/h1-12H,13-14H2,(H,21,26). The molecule has 2 heterocycles. The molecule has 4 aromatic rings. The summed E-state index contributed by atoms with van der Waals surface area (Å²) in [6, 6.07) is 20.9. The summed E-state index contributed by atoms with van der Waals surface area (Å²) in [7, 11) is 0. The van der Waals surface area contributed by atoms with Crippen molar-refractivity contribution in [1.82, 2.24) is 25.5 Å². The van der Waals surface area contributed by atoms with Crippen molar-refractivity contribution in [1.29, 1.82) is 0 Å². The highest BCUT2D eigenvalue weighted by atomic mass is 32.2. The van der Waals surface area contributed by atoms with Crippen LogP contribution in [0.15, 0.2) is 82.6 Å². The highest BCUT2D eigenvalue weighted by Gasteiger charge is 2.11. The van der Waals surface area contributed by atoms with Crippen molar-refractivity contribution < 1.29 is 9.21 Å². The molecule has 0 atom stereocenters. The van der Waals surface area contributed by atoms with E-state index in [0.717, 1.165) is 11.3 Å². The molecule has 0 aliphatic rings. The number of nitrogens with one attached hydrogen (secondary N) is 1. The summed E-state index contributed by atoms with van der Waals surface area (Å²) in [5, 5.41) is 15.5. The van der Waals surface area contributed by atoms with Crippen LogP contribution in [0.3, 0.4) is 0 Å². The second-order valence-electron chi connectivity index (χ2n) is 5.96. The molecule has 140 valence electrons. The van der Waals surface area contributed by atoms with Gasteiger partial charge in [-0.1, -0.05) is 42.1 Å². The number of nitrogens with zero attached hydrogens (tertiary/aromatic N) is 4. The molecule has 0 saturated heterocycles. The molecule has 4 rings (SSSR count). The van der Waals surface area contributed by atoms with Crippen LogP contribution in [0.5, 0.6) is 0 Å². The summed E-state index contributed by atoms with van der Waals surface area (Å²) in [5.74, 6) is 1.22. The Morgan fingerprint density at radius 1 is 1.07 bits per heavy atom. The highest BCUT2D eigenvalue weighted by molar-refractivity contribution is 7.98. The summed E-state index contributed by atoms with van der Waals surface area (Å²) >= 11 is 1.51. The Kier molecular flexibility index (Phi) is 5.48. The van der Waals surface area contributed by atoms with Gasteiger partial charge in [0, 0.05) is 11.3 Å². The van der Waals surface area contributed by atoms with Crippen molar-refractivity contribution in [2.75, 3.05) is 0 Å². The van der Waals surface area contributed by atoms with Gasteiger partial charge in [0.05, 0.1) is 18.5 Å². The fourth-order valence-electron chi connectivity index (χ4n) is 2.63. The molecule has 0 spiro atoms. The molecular weight excluding hydrogens is 374 g/mol. The van der Waals surface area contributed by atoms with Crippen LogP contribution in [-0.4, -0.2) is 26.1 Å². The topological polar surface area (TPSA) is 85.8 Å². The number of carbonyl (C=O) groups is 1. The SMILES string of the molecule is O=C(NCc1ccco1)c1cccc(CSc2nnnn2-c2ccccc2)c1. The molecule has 1 N–H and O–H groups in total. The lowest BCUT2D eigenvalue weighted by molar-refractivity contribution is 0.0948. The normalized spacial score (nSPS) is 10.7. The van der Waals surface area contributed by atoms with E-state index in [1.165, 1.54) is 11.8 Å². The van der Waals surface area contributed by atoms with Crippen LogP contribution in [0.1, 0.15) is 21.7 Å². The van der Waals surface area contributed by atoms with E-state index in [-0.39, 0.29) is 5.91 Å². The Morgan fingerprint density at radius 2 is 1.96 bits per heavy atom. The van der Waals surface area contributed by atoms with Gasteiger partial charge in [0.15, 0.2) is 0 Å².